The van der Waals surface area contributed by atoms with Crippen LogP contribution in [-0.2, 0) is 9.53 Å². The molecule has 0 saturated carbocycles. The lowest BCUT2D eigenvalue weighted by atomic mass is 9.97. The highest BCUT2D eigenvalue weighted by Gasteiger charge is 2.37. The molecule has 1 amide bonds. The Morgan fingerprint density at radius 1 is 1.45 bits per heavy atom. The minimum absolute atomic E-state index is 0.0164. The van der Waals surface area contributed by atoms with Gasteiger partial charge in [0.05, 0.1) is 25.3 Å². The van der Waals surface area contributed by atoms with Gasteiger partial charge in [-0.15, -0.1) is 0 Å². The first-order valence-corrected chi connectivity index (χ1v) is 8.38. The quantitative estimate of drug-likeness (QED) is 0.588. The highest BCUT2D eigenvalue weighted by Crippen LogP contribution is 2.28. The highest BCUT2D eigenvalue weighted by atomic mass is 32.2. The largest absolute Gasteiger partial charge is 0.378 e. The van der Waals surface area contributed by atoms with Gasteiger partial charge < -0.3 is 14.5 Å². The number of morpholine rings is 1. The van der Waals surface area contributed by atoms with Crippen molar-refractivity contribution in [1.29, 1.82) is 5.26 Å². The van der Waals surface area contributed by atoms with Crippen LogP contribution in [0.3, 0.4) is 0 Å². The van der Waals surface area contributed by atoms with E-state index in [4.69, 9.17) is 4.74 Å². The summed E-state index contributed by atoms with van der Waals surface area (Å²) in [5, 5.41) is 9.81. The van der Waals surface area contributed by atoms with Gasteiger partial charge in [0, 0.05) is 26.2 Å². The van der Waals surface area contributed by atoms with E-state index < -0.39 is 0 Å². The average molecular weight is 319 g/mol. The van der Waals surface area contributed by atoms with Crippen LogP contribution in [0.5, 0.6) is 0 Å². The first-order valence-electron chi connectivity index (χ1n) is 7.15. The Labute approximate surface area is 133 Å². The Balaban J connectivity index is 1.65. The molecule has 0 aliphatic carbocycles. The molecule has 1 aromatic rings. The van der Waals surface area contributed by atoms with Crippen LogP contribution in [-0.4, -0.2) is 66.4 Å². The second-order valence-electron chi connectivity index (χ2n) is 5.25. The van der Waals surface area contributed by atoms with Crippen LogP contribution in [0.15, 0.2) is 11.4 Å². The zero-order chi connectivity index (χ0) is 15.5. The molecule has 0 aromatic carbocycles. The molecule has 22 heavy (non-hydrogen) atoms. The van der Waals surface area contributed by atoms with E-state index in [1.807, 2.05) is 16.1 Å². The molecule has 0 N–H and O–H groups in total. The molecule has 116 valence electrons. The summed E-state index contributed by atoms with van der Waals surface area (Å²) in [5.41, 5.74) is 0.454. The molecule has 0 unspecified atom stereocenters. The number of anilines is 1. The fourth-order valence-electron chi connectivity index (χ4n) is 2.63. The van der Waals surface area contributed by atoms with Crippen LogP contribution in [0.4, 0.5) is 5.82 Å². The van der Waals surface area contributed by atoms with E-state index in [-0.39, 0.29) is 11.8 Å². The zero-order valence-corrected chi connectivity index (χ0v) is 13.2. The molecule has 2 fully saturated rings. The van der Waals surface area contributed by atoms with Gasteiger partial charge in [0.25, 0.3) is 0 Å². The minimum atomic E-state index is -0.0164. The monoisotopic (exact) mass is 319 g/mol. The Kier molecular flexibility index (Phi) is 4.45. The molecule has 2 aliphatic rings. The van der Waals surface area contributed by atoms with Crippen molar-refractivity contribution >= 4 is 23.5 Å². The van der Waals surface area contributed by atoms with Crippen LogP contribution < -0.4 is 4.90 Å². The molecule has 1 aromatic heterocycles. The molecule has 0 radical (unpaired) electrons. The number of aromatic nitrogens is 2. The van der Waals surface area contributed by atoms with Crippen LogP contribution >= 0.6 is 11.8 Å². The van der Waals surface area contributed by atoms with Crippen molar-refractivity contribution in [2.75, 3.05) is 50.5 Å². The van der Waals surface area contributed by atoms with E-state index in [2.05, 4.69) is 16.0 Å². The van der Waals surface area contributed by atoms with E-state index >= 15 is 0 Å². The molecule has 2 saturated heterocycles. The molecule has 0 spiro atoms. The number of hydrogen-bond acceptors (Lipinski definition) is 7. The predicted octanol–water partition coefficient (Wildman–Crippen LogP) is 0.365. The summed E-state index contributed by atoms with van der Waals surface area (Å²) < 4.78 is 5.27. The smallest absolute Gasteiger partial charge is 0.229 e. The van der Waals surface area contributed by atoms with Crippen molar-refractivity contribution in [2.45, 2.75) is 5.16 Å². The number of hydrogen-bond donors (Lipinski definition) is 0. The van der Waals surface area contributed by atoms with Crippen molar-refractivity contribution in [3.05, 3.63) is 11.8 Å². The fraction of sp³-hybridized carbons (Fsp3) is 0.571. The van der Waals surface area contributed by atoms with Gasteiger partial charge in [0.15, 0.2) is 11.0 Å². The van der Waals surface area contributed by atoms with E-state index in [0.29, 0.717) is 55.9 Å². The summed E-state index contributed by atoms with van der Waals surface area (Å²) in [5.74, 6) is 0.794. The maximum atomic E-state index is 12.4. The standard InChI is InChI=1S/C14H17N5O2S/c1-22-14-16-7-10(6-15)12(17-14)19-8-11(9-19)13(20)18-2-4-21-5-3-18/h7,11H,2-5,8-9H2,1H3. The Morgan fingerprint density at radius 2 is 2.18 bits per heavy atom. The van der Waals surface area contributed by atoms with Crippen LogP contribution in [0.1, 0.15) is 5.56 Å². The molecule has 0 atom stereocenters. The Bertz CT molecular complexity index is 606. The van der Waals surface area contributed by atoms with Gasteiger partial charge in [-0.05, 0) is 6.26 Å². The fourth-order valence-corrected chi connectivity index (χ4v) is 2.96. The summed E-state index contributed by atoms with van der Waals surface area (Å²) in [6.07, 6.45) is 3.44. The summed E-state index contributed by atoms with van der Waals surface area (Å²) in [4.78, 5) is 24.7. The van der Waals surface area contributed by atoms with Crippen molar-refractivity contribution in [3.63, 3.8) is 0 Å². The molecule has 7 nitrogen and oxygen atoms in total. The number of nitriles is 1. The van der Waals surface area contributed by atoms with Crippen molar-refractivity contribution < 1.29 is 9.53 Å². The Hall–Kier alpha value is -1.85. The lowest BCUT2D eigenvalue weighted by Crippen LogP contribution is -2.56. The molecular weight excluding hydrogens is 302 g/mol. The SMILES string of the molecule is CSc1ncc(C#N)c(N2CC(C(=O)N3CCOCC3)C2)n1. The molecule has 8 heteroatoms. The first kappa shape index (κ1) is 15.1. The molecule has 3 heterocycles. The molecule has 2 aliphatic heterocycles. The lowest BCUT2D eigenvalue weighted by molar-refractivity contribution is -0.140. The third kappa shape index (κ3) is 2.87. The van der Waals surface area contributed by atoms with Crippen molar-refractivity contribution in [2.24, 2.45) is 5.92 Å². The van der Waals surface area contributed by atoms with Gasteiger partial charge in [-0.3, -0.25) is 4.79 Å². The number of ether oxygens (including phenoxy) is 1. The van der Waals surface area contributed by atoms with E-state index in [9.17, 15) is 10.1 Å². The molecule has 0 bridgehead atoms. The van der Waals surface area contributed by atoms with Gasteiger partial charge in [0.1, 0.15) is 11.6 Å². The van der Waals surface area contributed by atoms with Crippen molar-refractivity contribution in [1.82, 2.24) is 14.9 Å². The number of thioether (sulfide) groups is 1. The summed E-state index contributed by atoms with van der Waals surface area (Å²) >= 11 is 1.44. The molecular formula is C14H17N5O2S. The number of carbonyl (C=O) groups is 1. The van der Waals surface area contributed by atoms with Crippen LogP contribution in [0.25, 0.3) is 0 Å². The first-order chi connectivity index (χ1) is 10.7. The summed E-state index contributed by atoms with van der Waals surface area (Å²) in [7, 11) is 0. The van der Waals surface area contributed by atoms with Gasteiger partial charge in [0.2, 0.25) is 5.91 Å². The number of rotatable bonds is 3. The highest BCUT2D eigenvalue weighted by molar-refractivity contribution is 7.98. The van der Waals surface area contributed by atoms with E-state index in [0.717, 1.165) is 0 Å². The maximum absolute atomic E-state index is 12.4. The van der Waals surface area contributed by atoms with Crippen LogP contribution in [0, 0.1) is 17.2 Å². The van der Waals surface area contributed by atoms with Gasteiger partial charge in [-0.25, -0.2) is 9.97 Å². The minimum Gasteiger partial charge on any atom is -0.378 e. The van der Waals surface area contributed by atoms with E-state index in [1.165, 1.54) is 11.8 Å². The normalized spacial score (nSPS) is 18.7. The number of nitrogens with zero attached hydrogens (tertiary/aromatic N) is 5. The number of carbonyl (C=O) groups excluding carboxylic acids is 1. The number of amides is 1. The summed E-state index contributed by atoms with van der Waals surface area (Å²) in [6, 6.07) is 2.12. The zero-order valence-electron chi connectivity index (χ0n) is 12.4. The topological polar surface area (TPSA) is 82.4 Å². The lowest BCUT2D eigenvalue weighted by Gasteiger charge is -2.42. The molecule has 3 rings (SSSR count). The average Bonchev–Trinajstić information content (AvgIpc) is 2.54. The van der Waals surface area contributed by atoms with Gasteiger partial charge in [-0.2, -0.15) is 5.26 Å². The predicted molar refractivity (Wildman–Crippen MR) is 81.6 cm³/mol. The van der Waals surface area contributed by atoms with E-state index in [1.54, 1.807) is 6.20 Å². The second-order valence-corrected chi connectivity index (χ2v) is 6.02. The van der Waals surface area contributed by atoms with Crippen molar-refractivity contribution in [3.8, 4) is 6.07 Å². The third-order valence-corrected chi connectivity index (χ3v) is 4.46. The summed E-state index contributed by atoms with van der Waals surface area (Å²) in [6.45, 7) is 3.78. The third-order valence-electron chi connectivity index (χ3n) is 3.90. The van der Waals surface area contributed by atoms with Gasteiger partial charge >= 0.3 is 0 Å². The van der Waals surface area contributed by atoms with Gasteiger partial charge in [-0.1, -0.05) is 11.8 Å². The second kappa shape index (κ2) is 6.50. The Morgan fingerprint density at radius 3 is 2.82 bits per heavy atom. The maximum Gasteiger partial charge on any atom is 0.229 e. The van der Waals surface area contributed by atoms with Crippen LogP contribution in [0.2, 0.25) is 0 Å².